The lowest BCUT2D eigenvalue weighted by molar-refractivity contribution is 0.136. The minimum atomic E-state index is -0.448. The summed E-state index contributed by atoms with van der Waals surface area (Å²) in [5, 5.41) is 10.8. The molecule has 1 N–H and O–H groups in total. The van der Waals surface area contributed by atoms with Gasteiger partial charge in [0.1, 0.15) is 5.75 Å². The molecule has 2 aromatic carbocycles. The maximum absolute atomic E-state index is 10.8. The summed E-state index contributed by atoms with van der Waals surface area (Å²) in [4.78, 5) is 0. The number of hydrogen-bond acceptors (Lipinski definition) is 2. The molecule has 0 aliphatic heterocycles. The summed E-state index contributed by atoms with van der Waals surface area (Å²) < 4.78 is 5.30. The second kappa shape index (κ2) is 5.90. The fourth-order valence-corrected chi connectivity index (χ4v) is 3.44. The Morgan fingerprint density at radius 1 is 1.19 bits per heavy atom. The van der Waals surface area contributed by atoms with Crippen LogP contribution >= 0.6 is 0 Å². The number of ether oxygens (including phenoxy) is 1. The predicted octanol–water partition coefficient (Wildman–Crippen LogP) is 4.16. The lowest BCUT2D eigenvalue weighted by Gasteiger charge is -2.30. The molecule has 1 aliphatic rings. The monoisotopic (exact) mass is 282 g/mol. The minimum Gasteiger partial charge on any atom is -0.496 e. The van der Waals surface area contributed by atoms with Crippen LogP contribution in [0.4, 0.5) is 0 Å². The van der Waals surface area contributed by atoms with Gasteiger partial charge in [-0.1, -0.05) is 30.3 Å². The first-order chi connectivity index (χ1) is 10.2. The molecule has 0 fully saturated rings. The number of aliphatic hydroxyl groups excluding tert-OH is 1. The molecule has 3 rings (SSSR count). The van der Waals surface area contributed by atoms with Gasteiger partial charge in [-0.15, -0.1) is 0 Å². The largest absolute Gasteiger partial charge is 0.496 e. The van der Waals surface area contributed by atoms with E-state index in [0.29, 0.717) is 0 Å². The molecule has 0 spiro atoms. The van der Waals surface area contributed by atoms with Gasteiger partial charge in [0.15, 0.2) is 0 Å². The molecule has 0 saturated carbocycles. The number of hydrogen-bond donors (Lipinski definition) is 1. The van der Waals surface area contributed by atoms with Gasteiger partial charge in [0.2, 0.25) is 0 Å². The second-order valence-electron chi connectivity index (χ2n) is 5.87. The lowest BCUT2D eigenvalue weighted by Crippen LogP contribution is -2.17. The Morgan fingerprint density at radius 2 is 2.00 bits per heavy atom. The Morgan fingerprint density at radius 3 is 2.76 bits per heavy atom. The number of aliphatic hydroxyl groups is 1. The van der Waals surface area contributed by atoms with E-state index in [2.05, 4.69) is 24.3 Å². The molecule has 2 unspecified atom stereocenters. The molecular formula is C19H22O2. The van der Waals surface area contributed by atoms with E-state index in [1.807, 2.05) is 25.1 Å². The highest BCUT2D eigenvalue weighted by molar-refractivity contribution is 5.40. The molecule has 2 nitrogen and oxygen atoms in total. The molecule has 0 heterocycles. The third kappa shape index (κ3) is 2.68. The highest BCUT2D eigenvalue weighted by Crippen LogP contribution is 2.40. The van der Waals surface area contributed by atoms with Crippen molar-refractivity contribution in [3.63, 3.8) is 0 Å². The van der Waals surface area contributed by atoms with Crippen molar-refractivity contribution in [1.29, 1.82) is 0 Å². The van der Waals surface area contributed by atoms with Crippen LogP contribution in [0.1, 0.15) is 47.1 Å². The Kier molecular flexibility index (Phi) is 3.98. The zero-order valence-electron chi connectivity index (χ0n) is 12.7. The van der Waals surface area contributed by atoms with Gasteiger partial charge in [-0.05, 0) is 60.6 Å². The smallest absolute Gasteiger partial charge is 0.121 e. The van der Waals surface area contributed by atoms with E-state index >= 15 is 0 Å². The van der Waals surface area contributed by atoms with Gasteiger partial charge in [-0.3, -0.25) is 0 Å². The van der Waals surface area contributed by atoms with Crippen LogP contribution in [0.3, 0.4) is 0 Å². The van der Waals surface area contributed by atoms with E-state index in [-0.39, 0.29) is 5.92 Å². The summed E-state index contributed by atoms with van der Waals surface area (Å²) >= 11 is 0. The van der Waals surface area contributed by atoms with Crippen molar-refractivity contribution in [2.45, 2.75) is 38.2 Å². The van der Waals surface area contributed by atoms with Crippen molar-refractivity contribution in [1.82, 2.24) is 0 Å². The van der Waals surface area contributed by atoms with Crippen LogP contribution in [-0.2, 0) is 6.42 Å². The predicted molar refractivity (Wildman–Crippen MR) is 84.8 cm³/mol. The number of rotatable bonds is 3. The zero-order chi connectivity index (χ0) is 14.8. The number of benzene rings is 2. The van der Waals surface area contributed by atoms with Crippen molar-refractivity contribution in [3.05, 3.63) is 64.7 Å². The van der Waals surface area contributed by atoms with Crippen LogP contribution in [-0.4, -0.2) is 12.2 Å². The fraction of sp³-hybridized carbons (Fsp3) is 0.368. The van der Waals surface area contributed by atoms with Crippen LogP contribution in [0.2, 0.25) is 0 Å². The number of fused-ring (bicyclic) bond motifs is 1. The molecule has 0 radical (unpaired) electrons. The van der Waals surface area contributed by atoms with E-state index in [4.69, 9.17) is 4.74 Å². The Labute approximate surface area is 126 Å². The van der Waals surface area contributed by atoms with Crippen molar-refractivity contribution in [3.8, 4) is 5.75 Å². The van der Waals surface area contributed by atoms with Crippen LogP contribution in [0.5, 0.6) is 5.75 Å². The van der Waals surface area contributed by atoms with Crippen LogP contribution in [0.25, 0.3) is 0 Å². The quantitative estimate of drug-likeness (QED) is 0.916. The Bertz CT molecular complexity index is 633. The van der Waals surface area contributed by atoms with E-state index in [9.17, 15) is 5.11 Å². The van der Waals surface area contributed by atoms with Gasteiger partial charge in [0, 0.05) is 5.92 Å². The number of aryl methyl sites for hydroxylation is 2. The molecule has 21 heavy (non-hydrogen) atoms. The average molecular weight is 282 g/mol. The normalized spacial score (nSPS) is 18.9. The summed E-state index contributed by atoms with van der Waals surface area (Å²) in [5.41, 5.74) is 4.75. The van der Waals surface area contributed by atoms with Crippen molar-refractivity contribution in [2.24, 2.45) is 0 Å². The number of methoxy groups -OCH3 is 1. The highest BCUT2D eigenvalue weighted by atomic mass is 16.5. The van der Waals surface area contributed by atoms with Gasteiger partial charge in [0.05, 0.1) is 13.2 Å². The standard InChI is InChI=1S/C19H22O2/c1-13-12-15(10-11-18(13)21-2)19(20)17-9-5-7-14-6-3-4-8-16(14)17/h3-4,6,8,10-12,17,19-20H,5,7,9H2,1-2H3. The van der Waals surface area contributed by atoms with Gasteiger partial charge >= 0.3 is 0 Å². The summed E-state index contributed by atoms with van der Waals surface area (Å²) in [6.07, 6.45) is 2.87. The lowest BCUT2D eigenvalue weighted by atomic mass is 9.78. The second-order valence-corrected chi connectivity index (χ2v) is 5.87. The van der Waals surface area contributed by atoms with Crippen LogP contribution in [0, 0.1) is 6.92 Å². The molecule has 2 heteroatoms. The first kappa shape index (κ1) is 14.2. The topological polar surface area (TPSA) is 29.5 Å². The molecule has 2 atom stereocenters. The van der Waals surface area contributed by atoms with Gasteiger partial charge in [-0.25, -0.2) is 0 Å². The molecular weight excluding hydrogens is 260 g/mol. The maximum Gasteiger partial charge on any atom is 0.121 e. The summed E-state index contributed by atoms with van der Waals surface area (Å²) in [6, 6.07) is 14.5. The molecule has 1 aliphatic carbocycles. The van der Waals surface area contributed by atoms with E-state index in [1.165, 1.54) is 11.1 Å². The summed E-state index contributed by atoms with van der Waals surface area (Å²) in [6.45, 7) is 2.02. The van der Waals surface area contributed by atoms with Crippen molar-refractivity contribution in [2.75, 3.05) is 7.11 Å². The first-order valence-corrected chi connectivity index (χ1v) is 7.61. The molecule has 2 aromatic rings. The van der Waals surface area contributed by atoms with Crippen LogP contribution < -0.4 is 4.74 Å². The molecule has 0 amide bonds. The minimum absolute atomic E-state index is 0.197. The van der Waals surface area contributed by atoms with Gasteiger partial charge in [-0.2, -0.15) is 0 Å². The molecule has 0 aromatic heterocycles. The third-order valence-electron chi connectivity index (χ3n) is 4.56. The van der Waals surface area contributed by atoms with Crippen molar-refractivity contribution < 1.29 is 9.84 Å². The SMILES string of the molecule is COc1ccc(C(O)C2CCCc3ccccc32)cc1C. The molecule has 0 bridgehead atoms. The van der Waals surface area contributed by atoms with Crippen LogP contribution in [0.15, 0.2) is 42.5 Å². The Balaban J connectivity index is 1.92. The Hall–Kier alpha value is -1.80. The van der Waals surface area contributed by atoms with Crippen molar-refractivity contribution >= 4 is 0 Å². The molecule has 110 valence electrons. The van der Waals surface area contributed by atoms with Gasteiger partial charge in [0.25, 0.3) is 0 Å². The zero-order valence-corrected chi connectivity index (χ0v) is 12.7. The average Bonchev–Trinajstić information content (AvgIpc) is 2.53. The summed E-state index contributed by atoms with van der Waals surface area (Å²) in [5.74, 6) is 1.07. The van der Waals surface area contributed by atoms with E-state index in [1.54, 1.807) is 7.11 Å². The maximum atomic E-state index is 10.8. The third-order valence-corrected chi connectivity index (χ3v) is 4.56. The summed E-state index contributed by atoms with van der Waals surface area (Å²) in [7, 11) is 1.68. The molecule has 0 saturated heterocycles. The van der Waals surface area contributed by atoms with Gasteiger partial charge < -0.3 is 9.84 Å². The van der Waals surface area contributed by atoms with E-state index < -0.39 is 6.10 Å². The highest BCUT2D eigenvalue weighted by Gasteiger charge is 2.27. The first-order valence-electron chi connectivity index (χ1n) is 7.61. The van der Waals surface area contributed by atoms with E-state index in [0.717, 1.165) is 36.1 Å². The fourth-order valence-electron chi connectivity index (χ4n) is 3.44.